The van der Waals surface area contributed by atoms with Gasteiger partial charge in [-0.05, 0) is 68.7 Å². The van der Waals surface area contributed by atoms with Crippen molar-refractivity contribution in [2.24, 2.45) is 5.92 Å². The number of nitro benzene ring substituents is 1. The Labute approximate surface area is 183 Å². The summed E-state index contributed by atoms with van der Waals surface area (Å²) < 4.78 is 5.32. The monoisotopic (exact) mass is 422 g/mol. The quantitative estimate of drug-likeness (QED) is 0.378. The molecule has 6 heteroatoms. The minimum Gasteiger partial charge on any atom is -0.466 e. The number of fused-ring (bicyclic) bond motifs is 2. The Morgan fingerprint density at radius 2 is 1.84 bits per heavy atom. The molecule has 2 aliphatic rings. The summed E-state index contributed by atoms with van der Waals surface area (Å²) in [6.45, 7) is 4.54. The molecule has 6 nitrogen and oxygen atoms in total. The number of carbonyl (C=O) groups is 1. The Morgan fingerprint density at radius 3 is 2.58 bits per heavy atom. The molecule has 2 aromatic carbocycles. The standard InChI is InChI=1S/C25H30N2O4/c1-2-31-24(28)21(17-20-8-4-6-10-23(20)27(29)30)18-26-15-13-25(14-16-26)12-11-19-7-3-5-9-22(19)25/h3-10,21H,2,11-18H2,1H3. The molecule has 31 heavy (non-hydrogen) atoms. The van der Waals surface area contributed by atoms with E-state index in [0.29, 0.717) is 25.1 Å². The molecule has 0 N–H and O–H groups in total. The summed E-state index contributed by atoms with van der Waals surface area (Å²) in [5.41, 5.74) is 3.92. The molecule has 2 aromatic rings. The summed E-state index contributed by atoms with van der Waals surface area (Å²) in [6, 6.07) is 15.5. The van der Waals surface area contributed by atoms with E-state index in [1.54, 1.807) is 25.1 Å². The summed E-state index contributed by atoms with van der Waals surface area (Å²) in [6.07, 6.45) is 4.85. The topological polar surface area (TPSA) is 72.7 Å². The van der Waals surface area contributed by atoms with Crippen LogP contribution in [-0.4, -0.2) is 42.0 Å². The lowest BCUT2D eigenvalue weighted by molar-refractivity contribution is -0.385. The van der Waals surface area contributed by atoms with Crippen LogP contribution in [0.3, 0.4) is 0 Å². The van der Waals surface area contributed by atoms with Crippen LogP contribution in [0.4, 0.5) is 5.69 Å². The number of para-hydroxylation sites is 1. The minimum absolute atomic E-state index is 0.0666. The number of esters is 1. The number of piperidine rings is 1. The maximum Gasteiger partial charge on any atom is 0.310 e. The molecular weight excluding hydrogens is 392 g/mol. The average molecular weight is 423 g/mol. The van der Waals surface area contributed by atoms with Crippen molar-refractivity contribution in [3.63, 3.8) is 0 Å². The van der Waals surface area contributed by atoms with E-state index in [9.17, 15) is 14.9 Å². The molecule has 0 aromatic heterocycles. The molecule has 0 radical (unpaired) electrons. The summed E-state index contributed by atoms with van der Waals surface area (Å²) in [4.78, 5) is 26.1. The maximum absolute atomic E-state index is 12.7. The van der Waals surface area contributed by atoms with Crippen LogP contribution in [0.2, 0.25) is 0 Å². The molecule has 4 rings (SSSR count). The highest BCUT2D eigenvalue weighted by molar-refractivity contribution is 5.73. The van der Waals surface area contributed by atoms with E-state index in [1.165, 1.54) is 23.6 Å². The molecule has 0 saturated carbocycles. The molecule has 1 saturated heterocycles. The van der Waals surface area contributed by atoms with E-state index >= 15 is 0 Å². The van der Waals surface area contributed by atoms with Gasteiger partial charge in [-0.15, -0.1) is 0 Å². The first-order valence-electron chi connectivity index (χ1n) is 11.2. The van der Waals surface area contributed by atoms with Crippen LogP contribution in [-0.2, 0) is 27.8 Å². The zero-order valence-electron chi connectivity index (χ0n) is 18.1. The van der Waals surface area contributed by atoms with Gasteiger partial charge in [-0.25, -0.2) is 0 Å². The zero-order valence-corrected chi connectivity index (χ0v) is 18.1. The van der Waals surface area contributed by atoms with Crippen LogP contribution in [0.1, 0.15) is 42.9 Å². The predicted molar refractivity (Wildman–Crippen MR) is 119 cm³/mol. The number of rotatable bonds is 7. The molecule has 1 fully saturated rings. The lowest BCUT2D eigenvalue weighted by Gasteiger charge is -2.41. The average Bonchev–Trinajstić information content (AvgIpc) is 3.13. The first-order valence-corrected chi connectivity index (χ1v) is 11.2. The molecule has 1 atom stereocenters. The zero-order chi connectivity index (χ0) is 21.8. The first-order chi connectivity index (χ1) is 15.0. The molecule has 0 bridgehead atoms. The normalized spacial score (nSPS) is 18.5. The van der Waals surface area contributed by atoms with Gasteiger partial charge in [-0.3, -0.25) is 14.9 Å². The van der Waals surface area contributed by atoms with Crippen molar-refractivity contribution in [2.45, 2.75) is 44.4 Å². The number of aryl methyl sites for hydroxylation is 1. The van der Waals surface area contributed by atoms with E-state index in [-0.39, 0.29) is 22.0 Å². The number of nitrogens with zero attached hydrogens (tertiary/aromatic N) is 2. The SMILES string of the molecule is CCOC(=O)C(Cc1ccccc1[N+](=O)[O-])CN1CCC2(CCc3ccccc32)CC1. The lowest BCUT2D eigenvalue weighted by atomic mass is 9.73. The number of ether oxygens (including phenoxy) is 1. The second-order valence-electron chi connectivity index (χ2n) is 8.78. The molecule has 1 aliphatic heterocycles. The number of likely N-dealkylation sites (tertiary alicyclic amines) is 1. The van der Waals surface area contributed by atoms with Gasteiger partial charge in [-0.2, -0.15) is 0 Å². The van der Waals surface area contributed by atoms with Gasteiger partial charge in [0.15, 0.2) is 0 Å². The molecule has 1 spiro atoms. The van der Waals surface area contributed by atoms with Crippen molar-refractivity contribution in [1.82, 2.24) is 4.90 Å². The molecule has 1 unspecified atom stereocenters. The Bertz CT molecular complexity index is 950. The van der Waals surface area contributed by atoms with Gasteiger partial charge in [-0.1, -0.05) is 42.5 Å². The summed E-state index contributed by atoms with van der Waals surface area (Å²) >= 11 is 0. The number of carbonyl (C=O) groups excluding carboxylic acids is 1. The molecule has 0 amide bonds. The van der Waals surface area contributed by atoms with Gasteiger partial charge >= 0.3 is 5.97 Å². The van der Waals surface area contributed by atoms with Crippen LogP contribution < -0.4 is 0 Å². The van der Waals surface area contributed by atoms with Crippen LogP contribution >= 0.6 is 0 Å². The summed E-state index contributed by atoms with van der Waals surface area (Å²) in [5.74, 6) is -0.682. The Kier molecular flexibility index (Phi) is 6.37. The van der Waals surface area contributed by atoms with Gasteiger partial charge < -0.3 is 9.64 Å². The molecule has 164 valence electrons. The Hall–Kier alpha value is -2.73. The summed E-state index contributed by atoms with van der Waals surface area (Å²) in [5, 5.41) is 11.4. The largest absolute Gasteiger partial charge is 0.466 e. The van der Waals surface area contributed by atoms with Gasteiger partial charge in [0.25, 0.3) is 5.69 Å². The van der Waals surface area contributed by atoms with E-state index in [4.69, 9.17) is 4.74 Å². The summed E-state index contributed by atoms with van der Waals surface area (Å²) in [7, 11) is 0. The van der Waals surface area contributed by atoms with Gasteiger partial charge in [0, 0.05) is 18.2 Å². The Morgan fingerprint density at radius 1 is 1.13 bits per heavy atom. The fourth-order valence-corrected chi connectivity index (χ4v) is 5.37. The number of hydrogen-bond acceptors (Lipinski definition) is 5. The van der Waals surface area contributed by atoms with E-state index in [0.717, 1.165) is 32.4 Å². The van der Waals surface area contributed by atoms with Gasteiger partial charge in [0.1, 0.15) is 0 Å². The highest BCUT2D eigenvalue weighted by Crippen LogP contribution is 2.46. The lowest BCUT2D eigenvalue weighted by Crippen LogP contribution is -2.45. The second-order valence-corrected chi connectivity index (χ2v) is 8.78. The number of nitro groups is 1. The number of benzene rings is 2. The fourth-order valence-electron chi connectivity index (χ4n) is 5.37. The third kappa shape index (κ3) is 4.49. The Balaban J connectivity index is 1.45. The van der Waals surface area contributed by atoms with Crippen LogP contribution in [0.25, 0.3) is 0 Å². The maximum atomic E-state index is 12.7. The highest BCUT2D eigenvalue weighted by Gasteiger charge is 2.41. The third-order valence-electron chi connectivity index (χ3n) is 7.03. The smallest absolute Gasteiger partial charge is 0.310 e. The van der Waals surface area contributed by atoms with Crippen molar-refractivity contribution < 1.29 is 14.5 Å². The second kappa shape index (κ2) is 9.18. The fraction of sp³-hybridized carbons (Fsp3) is 0.480. The van der Waals surface area contributed by atoms with Crippen molar-refractivity contribution in [3.05, 3.63) is 75.3 Å². The van der Waals surface area contributed by atoms with E-state index in [1.807, 2.05) is 0 Å². The van der Waals surface area contributed by atoms with Crippen LogP contribution in [0, 0.1) is 16.0 Å². The highest BCUT2D eigenvalue weighted by atomic mass is 16.6. The number of hydrogen-bond donors (Lipinski definition) is 0. The predicted octanol–water partition coefficient (Wildman–Crippen LogP) is 4.30. The molecular formula is C25H30N2O4. The molecule has 1 aliphatic carbocycles. The van der Waals surface area contributed by atoms with Crippen molar-refractivity contribution in [2.75, 3.05) is 26.2 Å². The van der Waals surface area contributed by atoms with E-state index in [2.05, 4.69) is 29.2 Å². The third-order valence-corrected chi connectivity index (χ3v) is 7.03. The van der Waals surface area contributed by atoms with Gasteiger partial charge in [0.2, 0.25) is 0 Å². The minimum atomic E-state index is -0.411. The van der Waals surface area contributed by atoms with Crippen molar-refractivity contribution in [1.29, 1.82) is 0 Å². The first kappa shape index (κ1) is 21.5. The van der Waals surface area contributed by atoms with Crippen molar-refractivity contribution in [3.8, 4) is 0 Å². The van der Waals surface area contributed by atoms with Crippen LogP contribution in [0.15, 0.2) is 48.5 Å². The van der Waals surface area contributed by atoms with Gasteiger partial charge in [0.05, 0.1) is 17.4 Å². The van der Waals surface area contributed by atoms with Crippen molar-refractivity contribution >= 4 is 11.7 Å². The molecule has 1 heterocycles. The van der Waals surface area contributed by atoms with E-state index < -0.39 is 5.92 Å². The van der Waals surface area contributed by atoms with Crippen LogP contribution in [0.5, 0.6) is 0 Å².